The number of fused-ring (bicyclic) bond motifs is 8. The number of allylic oxidation sites excluding steroid dienone is 2. The standard InChI is InChI=1S/C48H69N3O12/c1-10-28-12-11-13-38(62-40-15-14-37(51(5)6)25(3)58-40)24(2)42(53)35-19-33-31-16-29(61-48-46(57-9)45(56-8)43(55-7)26(4)59-48)17-32(31)36-18-30(27-21-49-23-50-22-27)47(54)63-44(36)41(33)34(35)20-39(52)60-28/h18-19,21-26,28-29,31-34,36-38,40-41,43-46,48H,10-17,20H2,1-9H3/t24-,25-,26+,28+,29+,31-,32-,33+,34-,36?,37+,38+,40+,41-,43+,44?,45-,46-,48+/m1/s1. The van der Waals surface area contributed by atoms with E-state index in [1.165, 1.54) is 6.33 Å². The number of Topliss-reactive ketones (excluding diaryl/α,β-unsaturated/α-hetero) is 1. The average Bonchev–Trinajstić information content (AvgIpc) is 3.86. The summed E-state index contributed by atoms with van der Waals surface area (Å²) in [5, 5.41) is 0. The summed E-state index contributed by atoms with van der Waals surface area (Å²) in [7, 11) is 9.03. The van der Waals surface area contributed by atoms with Crippen LogP contribution >= 0.6 is 0 Å². The lowest BCUT2D eigenvalue weighted by Crippen LogP contribution is -2.59. The summed E-state index contributed by atoms with van der Waals surface area (Å²) in [6.07, 6.45) is 10.2. The maximum atomic E-state index is 15.2. The second-order valence-corrected chi connectivity index (χ2v) is 19.3. The Balaban J connectivity index is 1.14. The van der Waals surface area contributed by atoms with Gasteiger partial charge in [-0.1, -0.05) is 26.0 Å². The number of ether oxygens (including phenoxy) is 9. The van der Waals surface area contributed by atoms with Crippen molar-refractivity contribution in [2.24, 2.45) is 41.4 Å². The molecule has 15 nitrogen and oxygen atoms in total. The number of hydrogen-bond donors (Lipinski definition) is 0. The number of methoxy groups -OCH3 is 3. The third-order valence-corrected chi connectivity index (χ3v) is 15.6. The SMILES string of the molecule is CC[C@H]1CCC[C@H](O[C@H]2CC[C@H](N(C)C)[C@@H](C)O2)[C@@H](C)C(=O)C2=C[C@H]3[C@@H]4C[C@H](O[C@@H]5O[C@@H](C)[C@H](OC)[C@@H](OC)[C@H]5OC)C[C@H]4C4C=C(c5cncnc5)C(=O)OC4[C@H]3[C@@H]2CC(=O)O1. The third-order valence-electron chi connectivity index (χ3n) is 15.6. The highest BCUT2D eigenvalue weighted by atomic mass is 16.7. The van der Waals surface area contributed by atoms with E-state index in [0.29, 0.717) is 48.8 Å². The Morgan fingerprint density at radius 2 is 1.51 bits per heavy atom. The molecular weight excluding hydrogens is 811 g/mol. The zero-order valence-corrected chi connectivity index (χ0v) is 38.5. The molecule has 1 aromatic rings. The molecule has 5 heterocycles. The van der Waals surface area contributed by atoms with Crippen molar-refractivity contribution in [3.63, 3.8) is 0 Å². The highest BCUT2D eigenvalue weighted by Crippen LogP contribution is 2.61. The van der Waals surface area contributed by atoms with Gasteiger partial charge in [-0.25, -0.2) is 14.8 Å². The Hall–Kier alpha value is -3.15. The van der Waals surface area contributed by atoms with Crippen LogP contribution in [0.4, 0.5) is 0 Å². The lowest BCUT2D eigenvalue weighted by molar-refractivity contribution is -0.314. The van der Waals surface area contributed by atoms with E-state index in [0.717, 1.165) is 19.3 Å². The van der Waals surface area contributed by atoms with Crippen molar-refractivity contribution in [3.8, 4) is 0 Å². The van der Waals surface area contributed by atoms with Crippen molar-refractivity contribution in [1.82, 2.24) is 14.9 Å². The summed E-state index contributed by atoms with van der Waals surface area (Å²) in [6.45, 7) is 8.02. The zero-order valence-electron chi connectivity index (χ0n) is 38.5. The topological polar surface area (TPSA) is 163 Å². The molecule has 0 N–H and O–H groups in total. The molecule has 0 bridgehead atoms. The minimum Gasteiger partial charge on any atom is -0.462 e. The van der Waals surface area contributed by atoms with E-state index in [4.69, 9.17) is 42.6 Å². The van der Waals surface area contributed by atoms with Crippen molar-refractivity contribution < 1.29 is 57.0 Å². The molecule has 1 aromatic heterocycles. The number of esters is 2. The number of cyclic esters (lactones) is 1. The molecule has 0 radical (unpaired) electrons. The van der Waals surface area contributed by atoms with E-state index >= 15 is 4.79 Å². The fraction of sp³-hybridized carbons (Fsp3) is 0.771. The monoisotopic (exact) mass is 879 g/mol. The molecule has 8 rings (SSSR count). The summed E-state index contributed by atoms with van der Waals surface area (Å²) >= 11 is 0. The molecule has 19 atom stereocenters. The molecule has 0 aromatic carbocycles. The van der Waals surface area contributed by atoms with Gasteiger partial charge < -0.3 is 47.5 Å². The Bertz CT molecular complexity index is 1840. The molecule has 5 fully saturated rings. The van der Waals surface area contributed by atoms with Gasteiger partial charge in [0.05, 0.1) is 36.4 Å². The van der Waals surface area contributed by atoms with Gasteiger partial charge in [0.2, 0.25) is 0 Å². The molecule has 3 saturated heterocycles. The Morgan fingerprint density at radius 3 is 2.17 bits per heavy atom. The van der Waals surface area contributed by atoms with Crippen LogP contribution in [0.25, 0.3) is 5.57 Å². The first-order chi connectivity index (χ1) is 30.3. The number of carbonyl (C=O) groups excluding carboxylic acids is 3. The number of likely N-dealkylation sites (N-methyl/N-ethyl adjacent to an activating group) is 1. The molecule has 7 aliphatic rings. The molecule has 3 aliphatic carbocycles. The number of nitrogens with zero attached hydrogens (tertiary/aromatic N) is 3. The lowest BCUT2D eigenvalue weighted by atomic mass is 9.59. The summed E-state index contributed by atoms with van der Waals surface area (Å²) in [5.41, 5.74) is 1.59. The van der Waals surface area contributed by atoms with Gasteiger partial charge in [-0.15, -0.1) is 0 Å². The van der Waals surface area contributed by atoms with Crippen molar-refractivity contribution in [2.45, 2.75) is 159 Å². The Labute approximate surface area is 372 Å². The van der Waals surface area contributed by atoms with Crippen LogP contribution in [0.1, 0.15) is 91.0 Å². The van der Waals surface area contributed by atoms with Crippen LogP contribution in [-0.2, 0) is 57.0 Å². The van der Waals surface area contributed by atoms with E-state index in [-0.39, 0.29) is 84.3 Å². The largest absolute Gasteiger partial charge is 0.462 e. The summed E-state index contributed by atoms with van der Waals surface area (Å²) in [4.78, 5) is 53.9. The second-order valence-electron chi connectivity index (χ2n) is 19.3. The smallest absolute Gasteiger partial charge is 0.338 e. The maximum absolute atomic E-state index is 15.2. The van der Waals surface area contributed by atoms with Crippen LogP contribution in [0.3, 0.4) is 0 Å². The van der Waals surface area contributed by atoms with Crippen molar-refractivity contribution in [3.05, 3.63) is 42.0 Å². The molecule has 348 valence electrons. The van der Waals surface area contributed by atoms with E-state index in [1.54, 1.807) is 33.7 Å². The minimum atomic E-state index is -0.725. The predicted octanol–water partition coefficient (Wildman–Crippen LogP) is 5.35. The first-order valence-electron chi connectivity index (χ1n) is 23.4. The zero-order chi connectivity index (χ0) is 44.7. The van der Waals surface area contributed by atoms with Gasteiger partial charge >= 0.3 is 11.9 Å². The van der Waals surface area contributed by atoms with Crippen molar-refractivity contribution in [2.75, 3.05) is 35.4 Å². The molecular formula is C48H69N3O12. The van der Waals surface area contributed by atoms with Crippen LogP contribution < -0.4 is 0 Å². The average molecular weight is 880 g/mol. The summed E-state index contributed by atoms with van der Waals surface area (Å²) in [6, 6.07) is 0.285. The normalized spacial score (nSPS) is 43.3. The van der Waals surface area contributed by atoms with E-state index in [9.17, 15) is 9.59 Å². The fourth-order valence-electron chi connectivity index (χ4n) is 12.5. The molecule has 4 aliphatic heterocycles. The Kier molecular flexibility index (Phi) is 14.5. The van der Waals surface area contributed by atoms with Gasteiger partial charge in [0.25, 0.3) is 0 Å². The van der Waals surface area contributed by atoms with E-state index in [1.807, 2.05) is 26.8 Å². The van der Waals surface area contributed by atoms with Gasteiger partial charge in [0.1, 0.15) is 36.8 Å². The fourth-order valence-corrected chi connectivity index (χ4v) is 12.5. The van der Waals surface area contributed by atoms with Crippen LogP contribution in [0.15, 0.2) is 36.4 Å². The number of carbonyl (C=O) groups is 3. The van der Waals surface area contributed by atoms with Gasteiger partial charge in [-0.3, -0.25) is 9.59 Å². The van der Waals surface area contributed by atoms with Gasteiger partial charge in [0.15, 0.2) is 18.4 Å². The van der Waals surface area contributed by atoms with Crippen LogP contribution in [0, 0.1) is 41.4 Å². The molecule has 15 heteroatoms. The first kappa shape index (κ1) is 46.4. The summed E-state index contributed by atoms with van der Waals surface area (Å²) < 4.78 is 56.9. The predicted molar refractivity (Wildman–Crippen MR) is 228 cm³/mol. The highest BCUT2D eigenvalue weighted by Gasteiger charge is 2.62. The van der Waals surface area contributed by atoms with Gasteiger partial charge in [0, 0.05) is 69.0 Å². The van der Waals surface area contributed by atoms with Crippen molar-refractivity contribution in [1.29, 1.82) is 0 Å². The number of aromatic nitrogens is 2. The molecule has 0 amide bonds. The third kappa shape index (κ3) is 9.19. The second kappa shape index (κ2) is 19.8. The molecule has 63 heavy (non-hydrogen) atoms. The van der Waals surface area contributed by atoms with E-state index < -0.39 is 54.8 Å². The van der Waals surface area contributed by atoms with Crippen molar-refractivity contribution >= 4 is 23.3 Å². The first-order valence-corrected chi connectivity index (χ1v) is 23.4. The number of hydrogen-bond acceptors (Lipinski definition) is 15. The molecule has 2 unspecified atom stereocenters. The minimum absolute atomic E-state index is 0.00619. The van der Waals surface area contributed by atoms with E-state index in [2.05, 4.69) is 42.0 Å². The van der Waals surface area contributed by atoms with Crippen LogP contribution in [0.5, 0.6) is 0 Å². The van der Waals surface area contributed by atoms with Gasteiger partial charge in [-0.2, -0.15) is 0 Å². The number of ketones is 1. The van der Waals surface area contributed by atoms with Gasteiger partial charge in [-0.05, 0) is 103 Å². The quantitative estimate of drug-likeness (QED) is 0.277. The summed E-state index contributed by atoms with van der Waals surface area (Å²) in [5.74, 6) is -2.62. The number of rotatable bonds is 10. The molecule has 2 saturated carbocycles. The van der Waals surface area contributed by atoms with Crippen LogP contribution in [-0.4, -0.2) is 142 Å². The lowest BCUT2D eigenvalue weighted by Gasteiger charge is -2.49. The highest BCUT2D eigenvalue weighted by molar-refractivity contribution is 6.17. The molecule has 0 spiro atoms. The Morgan fingerprint density at radius 1 is 0.794 bits per heavy atom. The van der Waals surface area contributed by atoms with Crippen LogP contribution in [0.2, 0.25) is 0 Å². The maximum Gasteiger partial charge on any atom is 0.338 e.